The molecule has 6 nitrogen and oxygen atoms in total. The van der Waals surface area contributed by atoms with Crippen molar-refractivity contribution in [3.05, 3.63) is 41.4 Å². The van der Waals surface area contributed by atoms with Gasteiger partial charge in [0.2, 0.25) is 10.0 Å². The number of aromatic nitrogens is 3. The number of nitrogens with one attached hydrogen (secondary N) is 1. The predicted octanol–water partition coefficient (Wildman–Crippen LogP) is 0.947. The Kier molecular flexibility index (Phi) is 3.65. The molecule has 0 amide bonds. The van der Waals surface area contributed by atoms with Crippen molar-refractivity contribution in [3.63, 3.8) is 0 Å². The molecule has 1 N–H and O–H groups in total. The Labute approximate surface area is 110 Å². The smallest absolute Gasteiger partial charge is 0.241 e. The summed E-state index contributed by atoms with van der Waals surface area (Å²) < 4.78 is 28.0. The van der Waals surface area contributed by atoms with Crippen molar-refractivity contribution < 1.29 is 8.42 Å². The van der Waals surface area contributed by atoms with Gasteiger partial charge in [-0.25, -0.2) is 18.1 Å². The molecule has 2 rings (SSSR count). The second-order valence-electron chi connectivity index (χ2n) is 3.58. The molecule has 0 bridgehead atoms. The number of pyridine rings is 1. The monoisotopic (exact) mass is 286 g/mol. The highest BCUT2D eigenvalue weighted by Crippen LogP contribution is 2.13. The van der Waals surface area contributed by atoms with Gasteiger partial charge in [-0.15, -0.1) is 0 Å². The number of rotatable bonds is 4. The first kappa shape index (κ1) is 13.0. The lowest BCUT2D eigenvalue weighted by molar-refractivity contribution is 0.577. The largest absolute Gasteiger partial charge is 0.271 e. The molecule has 2 heterocycles. The average Bonchev–Trinajstić information content (AvgIpc) is 2.72. The SMILES string of the molecule is Cn1nccc1CNS(=O)(=O)c1ccnc(Cl)c1. The summed E-state index contributed by atoms with van der Waals surface area (Å²) in [4.78, 5) is 3.82. The van der Waals surface area contributed by atoms with Gasteiger partial charge in [0, 0.05) is 19.4 Å². The van der Waals surface area contributed by atoms with Crippen molar-refractivity contribution in [2.75, 3.05) is 0 Å². The van der Waals surface area contributed by atoms with Gasteiger partial charge in [-0.05, 0) is 18.2 Å². The first-order valence-corrected chi connectivity index (χ1v) is 6.93. The van der Waals surface area contributed by atoms with Crippen LogP contribution in [0.5, 0.6) is 0 Å². The van der Waals surface area contributed by atoms with Crippen molar-refractivity contribution in [2.24, 2.45) is 7.05 Å². The van der Waals surface area contributed by atoms with Gasteiger partial charge in [0.05, 0.1) is 17.1 Å². The van der Waals surface area contributed by atoms with Crippen molar-refractivity contribution in [1.29, 1.82) is 0 Å². The van der Waals surface area contributed by atoms with Gasteiger partial charge >= 0.3 is 0 Å². The quantitative estimate of drug-likeness (QED) is 0.849. The molecule has 2 aromatic rings. The Morgan fingerprint density at radius 1 is 1.39 bits per heavy atom. The second kappa shape index (κ2) is 5.05. The molecule has 0 fully saturated rings. The molecule has 8 heteroatoms. The number of nitrogens with zero attached hydrogens (tertiary/aromatic N) is 3. The van der Waals surface area contributed by atoms with E-state index in [2.05, 4.69) is 14.8 Å². The maximum Gasteiger partial charge on any atom is 0.241 e. The van der Waals surface area contributed by atoms with Gasteiger partial charge in [0.1, 0.15) is 5.15 Å². The number of hydrogen-bond acceptors (Lipinski definition) is 4. The van der Waals surface area contributed by atoms with Crippen LogP contribution in [0.4, 0.5) is 0 Å². The lowest BCUT2D eigenvalue weighted by Gasteiger charge is -2.07. The van der Waals surface area contributed by atoms with Crippen LogP contribution in [0.2, 0.25) is 5.15 Å². The molecule has 0 aliphatic carbocycles. The molecule has 2 aromatic heterocycles. The fourth-order valence-electron chi connectivity index (χ4n) is 1.38. The summed E-state index contributed by atoms with van der Waals surface area (Å²) >= 11 is 5.66. The average molecular weight is 287 g/mol. The molecule has 96 valence electrons. The lowest BCUT2D eigenvalue weighted by Crippen LogP contribution is -2.24. The second-order valence-corrected chi connectivity index (χ2v) is 5.74. The molecular formula is C10H11ClN4O2S. The molecule has 0 unspecified atom stereocenters. The summed E-state index contributed by atoms with van der Waals surface area (Å²) in [6, 6.07) is 4.42. The normalized spacial score (nSPS) is 11.7. The summed E-state index contributed by atoms with van der Waals surface area (Å²) in [6.07, 6.45) is 2.95. The van der Waals surface area contributed by atoms with Crippen LogP contribution >= 0.6 is 11.6 Å². The third kappa shape index (κ3) is 2.87. The molecule has 0 atom stereocenters. The molecule has 18 heavy (non-hydrogen) atoms. The molecule has 0 aliphatic rings. The first-order valence-electron chi connectivity index (χ1n) is 5.07. The molecule has 0 aromatic carbocycles. The van der Waals surface area contributed by atoms with E-state index < -0.39 is 10.0 Å². The zero-order valence-corrected chi connectivity index (χ0v) is 11.1. The van der Waals surface area contributed by atoms with Crippen molar-refractivity contribution in [2.45, 2.75) is 11.4 Å². The summed E-state index contributed by atoms with van der Waals surface area (Å²) in [5, 5.41) is 4.09. The van der Waals surface area contributed by atoms with E-state index in [-0.39, 0.29) is 16.6 Å². The standard InChI is InChI=1S/C10H11ClN4O2S/c1-15-8(2-5-13-15)7-14-18(16,17)9-3-4-12-10(11)6-9/h2-6,14H,7H2,1H3. The third-order valence-electron chi connectivity index (χ3n) is 2.37. The van der Waals surface area contributed by atoms with Gasteiger partial charge in [-0.1, -0.05) is 11.6 Å². The van der Waals surface area contributed by atoms with Gasteiger partial charge < -0.3 is 0 Å². The van der Waals surface area contributed by atoms with E-state index in [1.807, 2.05) is 0 Å². The molecule has 0 spiro atoms. The van der Waals surface area contributed by atoms with E-state index in [0.717, 1.165) is 5.69 Å². The van der Waals surface area contributed by atoms with Crippen LogP contribution in [0.1, 0.15) is 5.69 Å². The topological polar surface area (TPSA) is 76.9 Å². The zero-order valence-electron chi connectivity index (χ0n) is 9.54. The van der Waals surface area contributed by atoms with Crippen molar-refractivity contribution >= 4 is 21.6 Å². The highest BCUT2D eigenvalue weighted by atomic mass is 35.5. The van der Waals surface area contributed by atoms with Crippen LogP contribution < -0.4 is 4.72 Å². The minimum Gasteiger partial charge on any atom is -0.271 e. The fraction of sp³-hybridized carbons (Fsp3) is 0.200. The third-order valence-corrected chi connectivity index (χ3v) is 3.98. The Hall–Kier alpha value is -1.44. The number of sulfonamides is 1. The molecule has 0 radical (unpaired) electrons. The molecule has 0 saturated carbocycles. The van der Waals surface area contributed by atoms with E-state index in [9.17, 15) is 8.42 Å². The number of aryl methyl sites for hydroxylation is 1. The molecule has 0 saturated heterocycles. The minimum absolute atomic E-state index is 0.0877. The fourth-order valence-corrected chi connectivity index (χ4v) is 2.63. The molecule has 0 aliphatic heterocycles. The van der Waals surface area contributed by atoms with E-state index >= 15 is 0 Å². The van der Waals surface area contributed by atoms with Crippen LogP contribution in [0.25, 0.3) is 0 Å². The number of halogens is 1. The maximum atomic E-state index is 12.0. The van der Waals surface area contributed by atoms with E-state index in [0.29, 0.717) is 0 Å². The Morgan fingerprint density at radius 2 is 2.17 bits per heavy atom. The van der Waals surface area contributed by atoms with Crippen LogP contribution in [-0.4, -0.2) is 23.2 Å². The summed E-state index contributed by atoms with van der Waals surface area (Å²) in [7, 11) is -1.85. The Balaban J connectivity index is 2.16. The summed E-state index contributed by atoms with van der Waals surface area (Å²) in [6.45, 7) is 0.165. The lowest BCUT2D eigenvalue weighted by atomic mass is 10.4. The van der Waals surface area contributed by atoms with Gasteiger partial charge in [-0.2, -0.15) is 5.10 Å². The van der Waals surface area contributed by atoms with Crippen LogP contribution in [0.3, 0.4) is 0 Å². The molecular weight excluding hydrogens is 276 g/mol. The minimum atomic E-state index is -3.59. The highest BCUT2D eigenvalue weighted by molar-refractivity contribution is 7.89. The van der Waals surface area contributed by atoms with Crippen molar-refractivity contribution in [3.8, 4) is 0 Å². The highest BCUT2D eigenvalue weighted by Gasteiger charge is 2.14. The Bertz CT molecular complexity index is 653. The Morgan fingerprint density at radius 3 is 2.78 bits per heavy atom. The van der Waals surface area contributed by atoms with Crippen LogP contribution in [-0.2, 0) is 23.6 Å². The van der Waals surface area contributed by atoms with E-state index in [1.165, 1.54) is 18.3 Å². The number of hydrogen-bond donors (Lipinski definition) is 1. The summed E-state index contributed by atoms with van der Waals surface area (Å²) in [5.41, 5.74) is 0.763. The maximum absolute atomic E-state index is 12.0. The van der Waals surface area contributed by atoms with Gasteiger partial charge in [0.25, 0.3) is 0 Å². The van der Waals surface area contributed by atoms with E-state index in [4.69, 9.17) is 11.6 Å². The van der Waals surface area contributed by atoms with E-state index in [1.54, 1.807) is 24.0 Å². The van der Waals surface area contributed by atoms with Crippen LogP contribution in [0.15, 0.2) is 35.5 Å². The van der Waals surface area contributed by atoms with Crippen LogP contribution in [0, 0.1) is 0 Å². The predicted molar refractivity (Wildman–Crippen MR) is 66.5 cm³/mol. The van der Waals surface area contributed by atoms with Gasteiger partial charge in [-0.3, -0.25) is 4.68 Å². The van der Waals surface area contributed by atoms with Gasteiger partial charge in [0.15, 0.2) is 0 Å². The summed E-state index contributed by atoms with van der Waals surface area (Å²) in [5.74, 6) is 0. The van der Waals surface area contributed by atoms with Crippen molar-refractivity contribution in [1.82, 2.24) is 19.5 Å². The zero-order chi connectivity index (χ0) is 13.2. The first-order chi connectivity index (χ1) is 8.49.